The monoisotopic (exact) mass is 292 g/mol. The summed E-state index contributed by atoms with van der Waals surface area (Å²) in [4.78, 5) is 0. The van der Waals surface area contributed by atoms with Crippen LogP contribution in [0.1, 0.15) is 11.1 Å². The Balaban J connectivity index is 2.13. The molecule has 2 rings (SSSR count). The van der Waals surface area contributed by atoms with Crippen LogP contribution in [0, 0.1) is 11.3 Å². The van der Waals surface area contributed by atoms with E-state index < -0.39 is 0 Å². The van der Waals surface area contributed by atoms with Crippen molar-refractivity contribution in [3.63, 3.8) is 0 Å². The normalized spacial score (nSPS) is 9.95. The third-order valence-electron chi connectivity index (χ3n) is 2.54. The van der Waals surface area contributed by atoms with E-state index in [0.29, 0.717) is 27.0 Å². The van der Waals surface area contributed by atoms with Gasteiger partial charge in [0.1, 0.15) is 12.4 Å². The Kier molecular flexibility index (Phi) is 4.16. The van der Waals surface area contributed by atoms with E-state index in [1.54, 1.807) is 36.4 Å². The van der Waals surface area contributed by atoms with Crippen LogP contribution in [0.4, 0.5) is 5.69 Å². The molecule has 3 nitrogen and oxygen atoms in total. The zero-order valence-corrected chi connectivity index (χ0v) is 11.4. The number of nitrogen functional groups attached to an aromatic ring is 1. The Bertz CT molecular complexity index is 650. The number of rotatable bonds is 3. The molecule has 0 spiro atoms. The topological polar surface area (TPSA) is 59.0 Å². The van der Waals surface area contributed by atoms with Crippen LogP contribution in [0.15, 0.2) is 36.4 Å². The fraction of sp³-hybridized carbons (Fsp3) is 0.0714. The lowest BCUT2D eigenvalue weighted by molar-refractivity contribution is 0.308. The van der Waals surface area contributed by atoms with Crippen LogP contribution in [0.3, 0.4) is 0 Å². The summed E-state index contributed by atoms with van der Waals surface area (Å²) in [7, 11) is 0. The van der Waals surface area contributed by atoms with Crippen molar-refractivity contribution in [1.29, 1.82) is 5.26 Å². The first-order chi connectivity index (χ1) is 9.10. The van der Waals surface area contributed by atoms with Gasteiger partial charge < -0.3 is 10.5 Å². The smallest absolute Gasteiger partial charge is 0.142 e. The summed E-state index contributed by atoms with van der Waals surface area (Å²) in [6.45, 7) is 0.274. The quantitative estimate of drug-likeness (QED) is 0.869. The molecule has 2 N–H and O–H groups in total. The average Bonchev–Trinajstić information content (AvgIpc) is 2.39. The maximum Gasteiger partial charge on any atom is 0.142 e. The molecule has 0 radical (unpaired) electrons. The first kappa shape index (κ1) is 13.5. The van der Waals surface area contributed by atoms with Crippen LogP contribution < -0.4 is 10.5 Å². The van der Waals surface area contributed by atoms with E-state index in [0.717, 1.165) is 5.56 Å². The van der Waals surface area contributed by atoms with Crippen molar-refractivity contribution in [2.75, 3.05) is 5.73 Å². The van der Waals surface area contributed by atoms with Crippen molar-refractivity contribution >= 4 is 28.9 Å². The Hall–Kier alpha value is -1.89. The summed E-state index contributed by atoms with van der Waals surface area (Å²) >= 11 is 11.9. The molecule has 2 aromatic carbocycles. The number of nitriles is 1. The maximum atomic E-state index is 8.75. The Morgan fingerprint density at radius 3 is 2.58 bits per heavy atom. The van der Waals surface area contributed by atoms with Crippen LogP contribution in [0.2, 0.25) is 10.0 Å². The Morgan fingerprint density at radius 1 is 1.16 bits per heavy atom. The second-order valence-electron chi connectivity index (χ2n) is 3.89. The summed E-state index contributed by atoms with van der Waals surface area (Å²) in [5, 5.41) is 9.80. The third-order valence-corrected chi connectivity index (χ3v) is 3.12. The number of nitrogens with two attached hydrogens (primary N) is 1. The predicted molar refractivity (Wildman–Crippen MR) is 76.4 cm³/mol. The van der Waals surface area contributed by atoms with Gasteiger partial charge in [0, 0.05) is 15.6 Å². The largest absolute Gasteiger partial charge is 0.487 e. The molecule has 2 aromatic rings. The highest BCUT2D eigenvalue weighted by Gasteiger charge is 2.05. The van der Waals surface area contributed by atoms with Gasteiger partial charge in [0.2, 0.25) is 0 Å². The number of benzene rings is 2. The van der Waals surface area contributed by atoms with Gasteiger partial charge in [-0.3, -0.25) is 0 Å². The second-order valence-corrected chi connectivity index (χ2v) is 4.73. The minimum atomic E-state index is 0.274. The second kappa shape index (κ2) is 5.83. The molecule has 0 bridgehead atoms. The summed E-state index contributed by atoms with van der Waals surface area (Å²) in [6, 6.07) is 12.1. The number of halogens is 2. The number of ether oxygens (including phenoxy) is 1. The highest BCUT2D eigenvalue weighted by Crippen LogP contribution is 2.27. The fourth-order valence-electron chi connectivity index (χ4n) is 1.54. The van der Waals surface area contributed by atoms with Gasteiger partial charge in [-0.1, -0.05) is 29.3 Å². The summed E-state index contributed by atoms with van der Waals surface area (Å²) < 4.78 is 5.58. The number of hydrogen-bond donors (Lipinski definition) is 1. The highest BCUT2D eigenvalue weighted by atomic mass is 35.5. The van der Waals surface area contributed by atoms with Crippen molar-refractivity contribution in [1.82, 2.24) is 0 Å². The summed E-state index contributed by atoms with van der Waals surface area (Å²) in [6.07, 6.45) is 0. The standard InChI is InChI=1S/C14H10Cl2N2O/c15-11-3-4-14(13(18)6-11)19-8-10-2-1-9(7-17)5-12(10)16/h1-6H,8,18H2. The molecular weight excluding hydrogens is 283 g/mol. The lowest BCUT2D eigenvalue weighted by Crippen LogP contribution is -1.99. The Morgan fingerprint density at radius 2 is 1.95 bits per heavy atom. The van der Waals surface area contributed by atoms with Gasteiger partial charge in [0.15, 0.2) is 0 Å². The van der Waals surface area contributed by atoms with E-state index in [1.807, 2.05) is 6.07 Å². The van der Waals surface area contributed by atoms with Crippen molar-refractivity contribution in [2.24, 2.45) is 0 Å². The zero-order valence-electron chi connectivity index (χ0n) is 9.86. The highest BCUT2D eigenvalue weighted by molar-refractivity contribution is 6.31. The van der Waals surface area contributed by atoms with Crippen molar-refractivity contribution in [3.8, 4) is 11.8 Å². The SMILES string of the molecule is N#Cc1ccc(COc2ccc(Cl)cc2N)c(Cl)c1. The third kappa shape index (κ3) is 3.31. The first-order valence-electron chi connectivity index (χ1n) is 5.46. The van der Waals surface area contributed by atoms with Gasteiger partial charge in [-0.05, 0) is 30.3 Å². The maximum absolute atomic E-state index is 8.75. The number of hydrogen-bond acceptors (Lipinski definition) is 3. The van der Waals surface area contributed by atoms with E-state index in [-0.39, 0.29) is 6.61 Å². The molecule has 0 aliphatic rings. The molecule has 96 valence electrons. The lowest BCUT2D eigenvalue weighted by Gasteiger charge is -2.10. The zero-order chi connectivity index (χ0) is 13.8. The molecule has 0 aliphatic heterocycles. The molecule has 0 amide bonds. The number of anilines is 1. The van der Waals surface area contributed by atoms with Crippen molar-refractivity contribution in [2.45, 2.75) is 6.61 Å². The van der Waals surface area contributed by atoms with Crippen LogP contribution in [0.25, 0.3) is 0 Å². The van der Waals surface area contributed by atoms with E-state index in [1.165, 1.54) is 0 Å². The average molecular weight is 293 g/mol. The molecule has 0 fully saturated rings. The first-order valence-corrected chi connectivity index (χ1v) is 6.22. The lowest BCUT2D eigenvalue weighted by atomic mass is 10.1. The van der Waals surface area contributed by atoms with Gasteiger partial charge >= 0.3 is 0 Å². The summed E-state index contributed by atoms with van der Waals surface area (Å²) in [5.74, 6) is 0.546. The molecule has 0 saturated carbocycles. The van der Waals surface area contributed by atoms with E-state index >= 15 is 0 Å². The van der Waals surface area contributed by atoms with E-state index in [9.17, 15) is 0 Å². The minimum absolute atomic E-state index is 0.274. The van der Waals surface area contributed by atoms with Crippen molar-refractivity contribution in [3.05, 3.63) is 57.6 Å². The van der Waals surface area contributed by atoms with Crippen molar-refractivity contribution < 1.29 is 4.74 Å². The van der Waals surface area contributed by atoms with Gasteiger partial charge in [-0.25, -0.2) is 0 Å². The number of nitrogens with zero attached hydrogens (tertiary/aromatic N) is 1. The minimum Gasteiger partial charge on any atom is -0.487 e. The van der Waals surface area contributed by atoms with Crippen LogP contribution >= 0.6 is 23.2 Å². The van der Waals surface area contributed by atoms with Crippen LogP contribution in [-0.4, -0.2) is 0 Å². The molecule has 0 atom stereocenters. The van der Waals surface area contributed by atoms with Gasteiger partial charge in [0.05, 0.1) is 17.3 Å². The van der Waals surface area contributed by atoms with Crippen LogP contribution in [-0.2, 0) is 6.61 Å². The predicted octanol–water partition coefficient (Wildman–Crippen LogP) is 4.03. The van der Waals surface area contributed by atoms with Gasteiger partial charge in [-0.2, -0.15) is 5.26 Å². The van der Waals surface area contributed by atoms with Crippen LogP contribution in [0.5, 0.6) is 5.75 Å². The summed E-state index contributed by atoms with van der Waals surface area (Å²) in [5.41, 5.74) is 7.55. The fourth-order valence-corrected chi connectivity index (χ4v) is 1.96. The molecule has 0 aliphatic carbocycles. The molecular formula is C14H10Cl2N2O. The molecule has 0 heterocycles. The Labute approximate surface area is 121 Å². The molecule has 5 heteroatoms. The molecule has 0 unspecified atom stereocenters. The van der Waals surface area contributed by atoms with E-state index in [4.69, 9.17) is 38.9 Å². The van der Waals surface area contributed by atoms with Gasteiger partial charge in [-0.15, -0.1) is 0 Å². The molecule has 19 heavy (non-hydrogen) atoms. The molecule has 0 saturated heterocycles. The van der Waals surface area contributed by atoms with E-state index in [2.05, 4.69) is 0 Å². The van der Waals surface area contributed by atoms with Gasteiger partial charge in [0.25, 0.3) is 0 Å². The molecule has 0 aromatic heterocycles.